The quantitative estimate of drug-likeness (QED) is 0.763. The zero-order chi connectivity index (χ0) is 11.5. The van der Waals surface area contributed by atoms with Gasteiger partial charge in [0.1, 0.15) is 0 Å². The molecule has 0 aliphatic heterocycles. The molecule has 0 atom stereocenters. The summed E-state index contributed by atoms with van der Waals surface area (Å²) in [5, 5.41) is 8.82. The van der Waals surface area contributed by atoms with Crippen LogP contribution in [0.15, 0.2) is 16.8 Å². The molecule has 0 fully saturated rings. The van der Waals surface area contributed by atoms with E-state index in [1.165, 1.54) is 16.8 Å². The Bertz CT molecular complexity index is 460. The molecule has 2 aromatic rings. The van der Waals surface area contributed by atoms with Crippen LogP contribution in [0.3, 0.4) is 0 Å². The van der Waals surface area contributed by atoms with Gasteiger partial charge in [0, 0.05) is 17.8 Å². The van der Waals surface area contributed by atoms with Crippen molar-refractivity contribution in [2.24, 2.45) is 0 Å². The molecule has 0 spiro atoms. The van der Waals surface area contributed by atoms with Gasteiger partial charge < -0.3 is 0 Å². The molecule has 0 aliphatic rings. The monoisotopic (exact) mass is 254 g/mol. The molecule has 16 heavy (non-hydrogen) atoms. The summed E-state index contributed by atoms with van der Waals surface area (Å²) in [6, 6.07) is 2.17. The van der Waals surface area contributed by atoms with E-state index in [9.17, 15) is 0 Å². The summed E-state index contributed by atoms with van der Waals surface area (Å²) in [4.78, 5) is 0. The van der Waals surface area contributed by atoms with Crippen molar-refractivity contribution in [3.05, 3.63) is 39.3 Å². The zero-order valence-corrected chi connectivity index (χ0v) is 11.1. The summed E-state index contributed by atoms with van der Waals surface area (Å²) in [7, 11) is 0. The number of aromatic nitrogens is 2. The van der Waals surface area contributed by atoms with Crippen molar-refractivity contribution in [3.8, 4) is 0 Å². The molecule has 0 aliphatic carbocycles. The standard InChI is InChI=1S/C12H15ClN2S/c1-9-12(7-13)10(2)15(14-9)5-3-11-4-6-16-8-11/h4,6,8H,3,5,7H2,1-2H3. The third-order valence-electron chi connectivity index (χ3n) is 2.86. The highest BCUT2D eigenvalue weighted by atomic mass is 35.5. The lowest BCUT2D eigenvalue weighted by Gasteiger charge is -2.03. The van der Waals surface area contributed by atoms with Crippen LogP contribution in [-0.4, -0.2) is 9.78 Å². The van der Waals surface area contributed by atoms with Gasteiger partial charge in [0.05, 0.1) is 11.6 Å². The van der Waals surface area contributed by atoms with Crippen molar-refractivity contribution < 1.29 is 0 Å². The van der Waals surface area contributed by atoms with Crippen LogP contribution in [0.5, 0.6) is 0 Å². The van der Waals surface area contributed by atoms with E-state index in [1.807, 2.05) is 6.92 Å². The maximum Gasteiger partial charge on any atom is 0.0640 e. The molecule has 0 saturated carbocycles. The van der Waals surface area contributed by atoms with E-state index in [0.29, 0.717) is 5.88 Å². The molecule has 0 unspecified atom stereocenters. The Morgan fingerprint density at radius 2 is 2.25 bits per heavy atom. The van der Waals surface area contributed by atoms with Gasteiger partial charge in [-0.15, -0.1) is 11.6 Å². The fraction of sp³-hybridized carbons (Fsp3) is 0.417. The highest BCUT2D eigenvalue weighted by Crippen LogP contribution is 2.16. The largest absolute Gasteiger partial charge is 0.269 e. The second-order valence-corrected chi connectivity index (χ2v) is 4.94. The third kappa shape index (κ3) is 2.30. The van der Waals surface area contributed by atoms with Gasteiger partial charge in [0.2, 0.25) is 0 Å². The summed E-state index contributed by atoms with van der Waals surface area (Å²) >= 11 is 7.64. The van der Waals surface area contributed by atoms with Crippen molar-refractivity contribution in [3.63, 3.8) is 0 Å². The molecule has 2 nitrogen and oxygen atoms in total. The number of nitrogens with zero attached hydrogens (tertiary/aromatic N) is 2. The van der Waals surface area contributed by atoms with Crippen LogP contribution in [0.25, 0.3) is 0 Å². The fourth-order valence-corrected chi connectivity index (χ4v) is 2.90. The Hall–Kier alpha value is -0.800. The van der Waals surface area contributed by atoms with E-state index in [4.69, 9.17) is 11.6 Å². The molecule has 0 radical (unpaired) electrons. The van der Waals surface area contributed by atoms with Crippen molar-refractivity contribution >= 4 is 22.9 Å². The SMILES string of the molecule is Cc1nn(CCc2ccsc2)c(C)c1CCl. The first-order chi connectivity index (χ1) is 7.72. The lowest BCUT2D eigenvalue weighted by atomic mass is 10.2. The minimum Gasteiger partial charge on any atom is -0.269 e. The predicted molar refractivity (Wildman–Crippen MR) is 69.3 cm³/mol. The number of rotatable bonds is 4. The average Bonchev–Trinajstić information content (AvgIpc) is 2.85. The van der Waals surface area contributed by atoms with Crippen molar-refractivity contribution in [2.45, 2.75) is 32.7 Å². The lowest BCUT2D eigenvalue weighted by Crippen LogP contribution is -2.05. The molecular weight excluding hydrogens is 240 g/mol. The fourth-order valence-electron chi connectivity index (χ4n) is 1.82. The highest BCUT2D eigenvalue weighted by Gasteiger charge is 2.09. The van der Waals surface area contributed by atoms with Gasteiger partial charge in [-0.25, -0.2) is 0 Å². The van der Waals surface area contributed by atoms with E-state index in [0.717, 1.165) is 18.7 Å². The Balaban J connectivity index is 2.10. The first kappa shape index (κ1) is 11.7. The number of hydrogen-bond acceptors (Lipinski definition) is 2. The number of alkyl halides is 1. The minimum atomic E-state index is 0.552. The predicted octanol–water partition coefficient (Wildman–Crippen LogP) is 3.54. The second-order valence-electron chi connectivity index (χ2n) is 3.89. The van der Waals surface area contributed by atoms with Gasteiger partial charge in [-0.1, -0.05) is 0 Å². The smallest absolute Gasteiger partial charge is 0.0640 e. The van der Waals surface area contributed by atoms with Crippen molar-refractivity contribution in [1.29, 1.82) is 0 Å². The van der Waals surface area contributed by atoms with E-state index in [-0.39, 0.29) is 0 Å². The van der Waals surface area contributed by atoms with Gasteiger partial charge in [-0.3, -0.25) is 4.68 Å². The van der Waals surface area contributed by atoms with Crippen LogP contribution in [0.2, 0.25) is 0 Å². The van der Waals surface area contributed by atoms with E-state index < -0.39 is 0 Å². The number of aryl methyl sites for hydroxylation is 3. The summed E-state index contributed by atoms with van der Waals surface area (Å²) < 4.78 is 2.06. The summed E-state index contributed by atoms with van der Waals surface area (Å²) in [5.74, 6) is 0.552. The highest BCUT2D eigenvalue weighted by molar-refractivity contribution is 7.07. The molecule has 0 N–H and O–H groups in total. The van der Waals surface area contributed by atoms with Crippen LogP contribution in [0.4, 0.5) is 0 Å². The van der Waals surface area contributed by atoms with Crippen molar-refractivity contribution in [2.75, 3.05) is 0 Å². The Morgan fingerprint density at radius 3 is 2.81 bits per heavy atom. The first-order valence-corrected chi connectivity index (χ1v) is 6.80. The first-order valence-electron chi connectivity index (χ1n) is 5.32. The van der Waals surface area contributed by atoms with Gasteiger partial charge in [0.15, 0.2) is 0 Å². The molecule has 4 heteroatoms. The molecule has 2 heterocycles. The summed E-state index contributed by atoms with van der Waals surface area (Å²) in [6.07, 6.45) is 1.03. The molecule has 0 amide bonds. The Kier molecular flexibility index (Phi) is 3.66. The average molecular weight is 255 g/mol. The van der Waals surface area contributed by atoms with Gasteiger partial charge in [-0.05, 0) is 42.7 Å². The molecule has 2 aromatic heterocycles. The lowest BCUT2D eigenvalue weighted by molar-refractivity contribution is 0.594. The summed E-state index contributed by atoms with van der Waals surface area (Å²) in [5.41, 5.74) is 4.80. The van der Waals surface area contributed by atoms with Gasteiger partial charge in [-0.2, -0.15) is 16.4 Å². The normalized spacial score (nSPS) is 10.9. The van der Waals surface area contributed by atoms with Gasteiger partial charge in [0.25, 0.3) is 0 Å². The molecule has 0 bridgehead atoms. The molecule has 86 valence electrons. The molecule has 0 aromatic carbocycles. The van der Waals surface area contributed by atoms with E-state index >= 15 is 0 Å². The summed E-state index contributed by atoms with van der Waals surface area (Å²) in [6.45, 7) is 5.04. The zero-order valence-electron chi connectivity index (χ0n) is 9.53. The van der Waals surface area contributed by atoms with E-state index in [2.05, 4.69) is 33.5 Å². The van der Waals surface area contributed by atoms with E-state index in [1.54, 1.807) is 11.3 Å². The topological polar surface area (TPSA) is 17.8 Å². The number of hydrogen-bond donors (Lipinski definition) is 0. The molecular formula is C12H15ClN2S. The van der Waals surface area contributed by atoms with Crippen LogP contribution < -0.4 is 0 Å². The third-order valence-corrected chi connectivity index (χ3v) is 3.86. The van der Waals surface area contributed by atoms with Crippen LogP contribution in [0, 0.1) is 13.8 Å². The second kappa shape index (κ2) is 5.02. The minimum absolute atomic E-state index is 0.552. The molecule has 0 saturated heterocycles. The van der Waals surface area contributed by atoms with Crippen LogP contribution >= 0.6 is 22.9 Å². The Morgan fingerprint density at radius 1 is 1.44 bits per heavy atom. The number of thiophene rings is 1. The maximum absolute atomic E-state index is 5.90. The van der Waals surface area contributed by atoms with Crippen LogP contribution in [-0.2, 0) is 18.8 Å². The maximum atomic E-state index is 5.90. The van der Waals surface area contributed by atoms with Crippen LogP contribution in [0.1, 0.15) is 22.5 Å². The molecule has 2 rings (SSSR count). The van der Waals surface area contributed by atoms with Crippen molar-refractivity contribution in [1.82, 2.24) is 9.78 Å². The van der Waals surface area contributed by atoms with Gasteiger partial charge >= 0.3 is 0 Å². The Labute approximate surface area is 105 Å². The number of halogens is 1.